The van der Waals surface area contributed by atoms with Gasteiger partial charge in [0.1, 0.15) is 0 Å². The van der Waals surface area contributed by atoms with Gasteiger partial charge < -0.3 is 5.32 Å². The van der Waals surface area contributed by atoms with E-state index in [0.717, 1.165) is 25.8 Å². The molecule has 0 aliphatic carbocycles. The third kappa shape index (κ3) is 7.34. The van der Waals surface area contributed by atoms with Crippen LogP contribution in [0.5, 0.6) is 0 Å². The fraction of sp³-hybridized carbons (Fsp3) is 1.00. The molecular weight excluding hydrogens is 248 g/mol. The van der Waals surface area contributed by atoms with E-state index in [1.54, 1.807) is 4.31 Å². The van der Waals surface area contributed by atoms with Crippen LogP contribution in [0.2, 0.25) is 0 Å². The zero-order valence-electron chi connectivity index (χ0n) is 12.6. The number of hydrogen-bond donors (Lipinski definition) is 1. The van der Waals surface area contributed by atoms with Crippen molar-refractivity contribution in [3.05, 3.63) is 0 Å². The summed E-state index contributed by atoms with van der Waals surface area (Å²) in [5, 5.41) is 3.30. The molecule has 0 saturated heterocycles. The van der Waals surface area contributed by atoms with Crippen LogP contribution in [0.15, 0.2) is 0 Å². The van der Waals surface area contributed by atoms with E-state index in [2.05, 4.69) is 19.2 Å². The molecule has 0 unspecified atom stereocenters. The molecule has 4 nitrogen and oxygen atoms in total. The average Bonchev–Trinajstić information content (AvgIpc) is 2.24. The second-order valence-electron chi connectivity index (χ2n) is 5.34. The SMILES string of the molecule is CCCN(C(C)C)S(=O)(=O)CCCCNC(C)C. The van der Waals surface area contributed by atoms with Crippen LogP contribution < -0.4 is 5.32 Å². The van der Waals surface area contributed by atoms with Crippen LogP contribution in [0.1, 0.15) is 53.9 Å². The first-order chi connectivity index (χ1) is 8.31. The van der Waals surface area contributed by atoms with Crippen molar-refractivity contribution in [2.45, 2.75) is 66.0 Å². The molecule has 0 aromatic carbocycles. The molecule has 0 spiro atoms. The highest BCUT2D eigenvalue weighted by molar-refractivity contribution is 7.89. The van der Waals surface area contributed by atoms with Crippen molar-refractivity contribution in [2.75, 3.05) is 18.8 Å². The largest absolute Gasteiger partial charge is 0.315 e. The highest BCUT2D eigenvalue weighted by Gasteiger charge is 2.23. The van der Waals surface area contributed by atoms with Crippen LogP contribution >= 0.6 is 0 Å². The summed E-state index contributed by atoms with van der Waals surface area (Å²) in [5.74, 6) is 0.269. The lowest BCUT2D eigenvalue weighted by Gasteiger charge is -2.25. The van der Waals surface area contributed by atoms with E-state index in [9.17, 15) is 8.42 Å². The molecule has 1 N–H and O–H groups in total. The molecule has 18 heavy (non-hydrogen) atoms. The Morgan fingerprint density at radius 1 is 1.11 bits per heavy atom. The summed E-state index contributed by atoms with van der Waals surface area (Å²) in [7, 11) is -3.08. The normalized spacial score (nSPS) is 12.9. The first-order valence-corrected chi connectivity index (χ1v) is 8.65. The minimum atomic E-state index is -3.08. The molecule has 0 aromatic heterocycles. The number of sulfonamides is 1. The number of unbranched alkanes of at least 4 members (excludes halogenated alkanes) is 1. The molecule has 0 fully saturated rings. The van der Waals surface area contributed by atoms with Gasteiger partial charge in [-0.25, -0.2) is 8.42 Å². The summed E-state index contributed by atoms with van der Waals surface area (Å²) < 4.78 is 26.0. The van der Waals surface area contributed by atoms with Gasteiger partial charge in [0.2, 0.25) is 10.0 Å². The van der Waals surface area contributed by atoms with E-state index in [1.165, 1.54) is 0 Å². The zero-order chi connectivity index (χ0) is 14.2. The maximum Gasteiger partial charge on any atom is 0.214 e. The number of hydrogen-bond acceptors (Lipinski definition) is 3. The summed E-state index contributed by atoms with van der Waals surface area (Å²) in [6.07, 6.45) is 2.51. The Kier molecular flexibility index (Phi) is 8.82. The van der Waals surface area contributed by atoms with Gasteiger partial charge in [-0.05, 0) is 39.7 Å². The average molecular weight is 278 g/mol. The van der Waals surface area contributed by atoms with Crippen LogP contribution in [0.25, 0.3) is 0 Å². The van der Waals surface area contributed by atoms with E-state index >= 15 is 0 Å². The monoisotopic (exact) mass is 278 g/mol. The Bertz CT molecular complexity index is 300. The van der Waals surface area contributed by atoms with Gasteiger partial charge in [-0.15, -0.1) is 0 Å². The van der Waals surface area contributed by atoms with Crippen molar-refractivity contribution >= 4 is 10.0 Å². The molecule has 0 radical (unpaired) electrons. The first-order valence-electron chi connectivity index (χ1n) is 7.04. The third-order valence-electron chi connectivity index (χ3n) is 2.76. The Labute approximate surface area is 113 Å². The molecule has 5 heteroatoms. The van der Waals surface area contributed by atoms with Crippen LogP contribution in [0.4, 0.5) is 0 Å². The Morgan fingerprint density at radius 2 is 1.72 bits per heavy atom. The van der Waals surface area contributed by atoms with Crippen molar-refractivity contribution in [1.82, 2.24) is 9.62 Å². The van der Waals surface area contributed by atoms with Gasteiger partial charge in [0.15, 0.2) is 0 Å². The van der Waals surface area contributed by atoms with Crippen LogP contribution in [0, 0.1) is 0 Å². The van der Waals surface area contributed by atoms with Crippen molar-refractivity contribution in [2.24, 2.45) is 0 Å². The van der Waals surface area contributed by atoms with E-state index in [0.29, 0.717) is 12.6 Å². The molecule has 0 amide bonds. The molecule has 0 aliphatic rings. The van der Waals surface area contributed by atoms with E-state index in [-0.39, 0.29) is 11.8 Å². The molecule has 0 heterocycles. The molecule has 0 saturated carbocycles. The maximum atomic E-state index is 12.2. The van der Waals surface area contributed by atoms with Crippen molar-refractivity contribution in [3.8, 4) is 0 Å². The van der Waals surface area contributed by atoms with E-state index in [4.69, 9.17) is 0 Å². The number of nitrogens with one attached hydrogen (secondary N) is 1. The van der Waals surface area contributed by atoms with Gasteiger partial charge in [0.05, 0.1) is 5.75 Å². The summed E-state index contributed by atoms with van der Waals surface area (Å²) >= 11 is 0. The summed E-state index contributed by atoms with van der Waals surface area (Å²) in [6, 6.07) is 0.526. The summed E-state index contributed by atoms with van der Waals surface area (Å²) in [5.41, 5.74) is 0. The fourth-order valence-electron chi connectivity index (χ4n) is 1.86. The summed E-state index contributed by atoms with van der Waals surface area (Å²) in [6.45, 7) is 11.6. The smallest absolute Gasteiger partial charge is 0.214 e. The first kappa shape index (κ1) is 17.9. The van der Waals surface area contributed by atoms with Gasteiger partial charge in [-0.2, -0.15) is 4.31 Å². The second-order valence-corrected chi connectivity index (χ2v) is 7.38. The molecule has 0 rings (SSSR count). The predicted molar refractivity (Wildman–Crippen MR) is 78.3 cm³/mol. The standard InChI is InChI=1S/C13H30N2O2S/c1-6-10-15(13(4)5)18(16,17)11-8-7-9-14-12(2)3/h12-14H,6-11H2,1-5H3. The third-order valence-corrected chi connectivity index (χ3v) is 4.88. The minimum absolute atomic E-state index is 0.0590. The highest BCUT2D eigenvalue weighted by Crippen LogP contribution is 2.10. The molecule has 0 atom stereocenters. The molecule has 0 aliphatic heterocycles. The minimum Gasteiger partial charge on any atom is -0.315 e. The van der Waals surface area contributed by atoms with Gasteiger partial charge in [-0.1, -0.05) is 20.8 Å². The Balaban J connectivity index is 4.12. The highest BCUT2D eigenvalue weighted by atomic mass is 32.2. The second kappa shape index (κ2) is 8.88. The van der Waals surface area contributed by atoms with Crippen molar-refractivity contribution in [1.29, 1.82) is 0 Å². The number of nitrogens with zero attached hydrogens (tertiary/aromatic N) is 1. The van der Waals surface area contributed by atoms with Gasteiger partial charge in [-0.3, -0.25) is 0 Å². The van der Waals surface area contributed by atoms with Crippen LogP contribution in [0.3, 0.4) is 0 Å². The topological polar surface area (TPSA) is 49.4 Å². The van der Waals surface area contributed by atoms with Gasteiger partial charge in [0, 0.05) is 18.6 Å². The summed E-state index contributed by atoms with van der Waals surface area (Å²) in [4.78, 5) is 0. The lowest BCUT2D eigenvalue weighted by molar-refractivity contribution is 0.353. The van der Waals surface area contributed by atoms with Crippen LogP contribution in [-0.4, -0.2) is 43.6 Å². The van der Waals surface area contributed by atoms with E-state index < -0.39 is 10.0 Å². The van der Waals surface area contributed by atoms with Gasteiger partial charge >= 0.3 is 0 Å². The quantitative estimate of drug-likeness (QED) is 0.623. The number of rotatable bonds is 10. The van der Waals surface area contributed by atoms with Crippen LogP contribution in [-0.2, 0) is 10.0 Å². The Morgan fingerprint density at radius 3 is 2.17 bits per heavy atom. The Hall–Kier alpha value is -0.130. The lowest BCUT2D eigenvalue weighted by atomic mass is 10.3. The fourth-order valence-corrected chi connectivity index (χ4v) is 3.76. The lowest BCUT2D eigenvalue weighted by Crippen LogP contribution is -2.39. The molecule has 110 valence electrons. The zero-order valence-corrected chi connectivity index (χ0v) is 13.4. The van der Waals surface area contributed by atoms with E-state index in [1.807, 2.05) is 20.8 Å². The molecule has 0 aromatic rings. The van der Waals surface area contributed by atoms with Crippen molar-refractivity contribution in [3.63, 3.8) is 0 Å². The van der Waals surface area contributed by atoms with Crippen molar-refractivity contribution < 1.29 is 8.42 Å². The maximum absolute atomic E-state index is 12.2. The van der Waals surface area contributed by atoms with Gasteiger partial charge in [0.25, 0.3) is 0 Å². The molecule has 0 bridgehead atoms. The molecular formula is C13H30N2O2S. The predicted octanol–water partition coefficient (Wildman–Crippen LogP) is 2.21.